The minimum Gasteiger partial charge on any atom is -0.463 e. The molecule has 21 heavy (non-hydrogen) atoms. The fraction of sp³-hybridized carbons (Fsp3) is 0.0667. The van der Waals surface area contributed by atoms with Crippen LogP contribution >= 0.6 is 15.9 Å². The number of H-pyrrole nitrogens is 1. The van der Waals surface area contributed by atoms with Gasteiger partial charge in [0.1, 0.15) is 5.69 Å². The van der Waals surface area contributed by atoms with Crippen LogP contribution < -0.4 is 5.32 Å². The van der Waals surface area contributed by atoms with Crippen LogP contribution in [0.15, 0.2) is 51.6 Å². The lowest BCUT2D eigenvalue weighted by atomic mass is 10.1. The lowest BCUT2D eigenvalue weighted by molar-refractivity contribution is 0.102. The van der Waals surface area contributed by atoms with Crippen LogP contribution in [0.5, 0.6) is 0 Å². The summed E-state index contributed by atoms with van der Waals surface area (Å²) < 4.78 is 6.28. The van der Waals surface area contributed by atoms with Gasteiger partial charge in [0.2, 0.25) is 0 Å². The molecule has 0 saturated heterocycles. The van der Waals surface area contributed by atoms with E-state index in [1.54, 1.807) is 25.3 Å². The van der Waals surface area contributed by atoms with Gasteiger partial charge in [-0.2, -0.15) is 5.10 Å². The molecule has 2 heterocycles. The quantitative estimate of drug-likeness (QED) is 0.753. The van der Waals surface area contributed by atoms with Crippen LogP contribution in [0.3, 0.4) is 0 Å². The summed E-state index contributed by atoms with van der Waals surface area (Å²) in [7, 11) is 0. The number of aromatic amines is 1. The number of halogens is 1. The standard InChI is InChI=1S/C15H12BrN3O2/c1-9-13(14(19-18-9)12-3-2-8-21-12)15(20)17-11-6-4-10(16)5-7-11/h2-8H,1H3,(H,17,20)(H,18,19). The second-order valence-electron chi connectivity index (χ2n) is 4.51. The maximum atomic E-state index is 12.5. The maximum Gasteiger partial charge on any atom is 0.259 e. The lowest BCUT2D eigenvalue weighted by Gasteiger charge is -2.06. The van der Waals surface area contributed by atoms with Gasteiger partial charge in [0.05, 0.1) is 11.8 Å². The molecule has 0 aliphatic rings. The topological polar surface area (TPSA) is 70.9 Å². The number of benzene rings is 1. The predicted octanol–water partition coefficient (Wildman–Crippen LogP) is 3.99. The minimum atomic E-state index is -0.227. The van der Waals surface area contributed by atoms with Gasteiger partial charge in [-0.1, -0.05) is 15.9 Å². The molecule has 0 bridgehead atoms. The van der Waals surface area contributed by atoms with Gasteiger partial charge in [0, 0.05) is 15.9 Å². The molecule has 0 atom stereocenters. The number of hydrogen-bond acceptors (Lipinski definition) is 3. The van der Waals surface area contributed by atoms with Crippen LogP contribution in [0.4, 0.5) is 5.69 Å². The number of nitrogens with one attached hydrogen (secondary N) is 2. The van der Waals surface area contributed by atoms with Gasteiger partial charge >= 0.3 is 0 Å². The highest BCUT2D eigenvalue weighted by atomic mass is 79.9. The molecule has 0 aliphatic carbocycles. The van der Waals surface area contributed by atoms with E-state index in [9.17, 15) is 4.79 Å². The number of nitrogens with zero attached hydrogens (tertiary/aromatic N) is 1. The maximum absolute atomic E-state index is 12.5. The van der Waals surface area contributed by atoms with Crippen molar-refractivity contribution in [3.05, 3.63) is 58.4 Å². The van der Waals surface area contributed by atoms with Gasteiger partial charge in [0.15, 0.2) is 5.76 Å². The molecule has 0 spiro atoms. The number of amides is 1. The fourth-order valence-corrected chi connectivity index (χ4v) is 2.29. The molecule has 1 aromatic carbocycles. The average molecular weight is 346 g/mol. The number of anilines is 1. The normalized spacial score (nSPS) is 10.6. The van der Waals surface area contributed by atoms with E-state index in [1.165, 1.54) is 0 Å². The molecule has 6 heteroatoms. The Hall–Kier alpha value is -2.34. The summed E-state index contributed by atoms with van der Waals surface area (Å²) in [6.45, 7) is 1.80. The molecule has 0 saturated carbocycles. The van der Waals surface area contributed by atoms with E-state index >= 15 is 0 Å². The van der Waals surface area contributed by atoms with Crippen molar-refractivity contribution in [2.75, 3.05) is 5.32 Å². The van der Waals surface area contributed by atoms with Gasteiger partial charge < -0.3 is 9.73 Å². The molecule has 1 amide bonds. The smallest absolute Gasteiger partial charge is 0.259 e. The summed E-state index contributed by atoms with van der Waals surface area (Å²) in [5.41, 5.74) is 2.39. The van der Waals surface area contributed by atoms with Crippen LogP contribution in [-0.2, 0) is 0 Å². The Morgan fingerprint density at radius 3 is 2.71 bits per heavy atom. The van der Waals surface area contributed by atoms with Crippen LogP contribution in [0, 0.1) is 6.92 Å². The summed E-state index contributed by atoms with van der Waals surface area (Å²) in [6, 6.07) is 10.9. The molecule has 3 rings (SSSR count). The van der Waals surface area contributed by atoms with E-state index in [0.717, 1.165) is 4.47 Å². The Morgan fingerprint density at radius 2 is 2.05 bits per heavy atom. The van der Waals surface area contributed by atoms with E-state index in [0.29, 0.717) is 28.4 Å². The summed E-state index contributed by atoms with van der Waals surface area (Å²) in [6.07, 6.45) is 1.55. The monoisotopic (exact) mass is 345 g/mol. The zero-order chi connectivity index (χ0) is 14.8. The van der Waals surface area contributed by atoms with Crippen LogP contribution in [0.2, 0.25) is 0 Å². The van der Waals surface area contributed by atoms with Crippen molar-refractivity contribution in [3.63, 3.8) is 0 Å². The van der Waals surface area contributed by atoms with E-state index in [1.807, 2.05) is 24.3 Å². The van der Waals surface area contributed by atoms with E-state index in [4.69, 9.17) is 4.42 Å². The summed E-state index contributed by atoms with van der Waals surface area (Å²) in [4.78, 5) is 12.5. The molecule has 0 radical (unpaired) electrons. The molecule has 5 nitrogen and oxygen atoms in total. The van der Waals surface area contributed by atoms with Gasteiger partial charge in [0.25, 0.3) is 5.91 Å². The lowest BCUT2D eigenvalue weighted by Crippen LogP contribution is -2.13. The molecule has 3 aromatic rings. The number of hydrogen-bond donors (Lipinski definition) is 2. The summed E-state index contributed by atoms with van der Waals surface area (Å²) in [5, 5.41) is 9.82. The highest BCUT2D eigenvalue weighted by molar-refractivity contribution is 9.10. The zero-order valence-corrected chi connectivity index (χ0v) is 12.8. The number of carbonyl (C=O) groups is 1. The molecular weight excluding hydrogens is 334 g/mol. The van der Waals surface area contributed by atoms with E-state index in [2.05, 4.69) is 31.4 Å². The van der Waals surface area contributed by atoms with Crippen molar-refractivity contribution >= 4 is 27.5 Å². The van der Waals surface area contributed by atoms with Gasteiger partial charge in [-0.05, 0) is 43.3 Å². The Balaban J connectivity index is 1.91. The number of carbonyl (C=O) groups excluding carboxylic acids is 1. The number of rotatable bonds is 3. The first-order valence-corrected chi connectivity index (χ1v) is 7.10. The highest BCUT2D eigenvalue weighted by Crippen LogP contribution is 2.25. The third-order valence-corrected chi connectivity index (χ3v) is 3.56. The van der Waals surface area contributed by atoms with Crippen molar-refractivity contribution in [2.24, 2.45) is 0 Å². The average Bonchev–Trinajstić information content (AvgIpc) is 3.10. The first kappa shape index (κ1) is 13.6. The zero-order valence-electron chi connectivity index (χ0n) is 11.2. The molecule has 2 aromatic heterocycles. The van der Waals surface area contributed by atoms with E-state index < -0.39 is 0 Å². The largest absolute Gasteiger partial charge is 0.463 e. The number of aryl methyl sites for hydroxylation is 1. The minimum absolute atomic E-state index is 0.227. The Kier molecular flexibility index (Phi) is 3.62. The molecular formula is C15H12BrN3O2. The van der Waals surface area contributed by atoms with Crippen molar-refractivity contribution < 1.29 is 9.21 Å². The fourth-order valence-electron chi connectivity index (χ4n) is 2.03. The molecule has 2 N–H and O–H groups in total. The van der Waals surface area contributed by atoms with Gasteiger partial charge in [-0.3, -0.25) is 9.89 Å². The Bertz CT molecular complexity index is 761. The van der Waals surface area contributed by atoms with Crippen molar-refractivity contribution in [1.82, 2.24) is 10.2 Å². The summed E-state index contributed by atoms with van der Waals surface area (Å²) in [5.74, 6) is 0.329. The molecule has 0 unspecified atom stereocenters. The van der Waals surface area contributed by atoms with Crippen LogP contribution in [0.25, 0.3) is 11.5 Å². The Morgan fingerprint density at radius 1 is 1.29 bits per heavy atom. The van der Waals surface area contributed by atoms with Crippen LogP contribution in [0.1, 0.15) is 16.1 Å². The first-order valence-electron chi connectivity index (χ1n) is 6.31. The highest BCUT2D eigenvalue weighted by Gasteiger charge is 2.21. The third-order valence-electron chi connectivity index (χ3n) is 3.03. The van der Waals surface area contributed by atoms with Crippen molar-refractivity contribution in [3.8, 4) is 11.5 Å². The predicted molar refractivity (Wildman–Crippen MR) is 83.1 cm³/mol. The molecule has 0 fully saturated rings. The first-order chi connectivity index (χ1) is 10.1. The van der Waals surface area contributed by atoms with Crippen LogP contribution in [-0.4, -0.2) is 16.1 Å². The second kappa shape index (κ2) is 5.57. The van der Waals surface area contributed by atoms with Crippen molar-refractivity contribution in [1.29, 1.82) is 0 Å². The molecule has 106 valence electrons. The second-order valence-corrected chi connectivity index (χ2v) is 5.43. The van der Waals surface area contributed by atoms with Crippen molar-refractivity contribution in [2.45, 2.75) is 6.92 Å². The van der Waals surface area contributed by atoms with E-state index in [-0.39, 0.29) is 5.91 Å². The number of furan rings is 1. The molecule has 0 aliphatic heterocycles. The Labute approximate surface area is 129 Å². The third kappa shape index (κ3) is 2.75. The van der Waals surface area contributed by atoms with Gasteiger partial charge in [-0.15, -0.1) is 0 Å². The SMILES string of the molecule is Cc1[nH]nc(-c2ccco2)c1C(=O)Nc1ccc(Br)cc1. The summed E-state index contributed by atoms with van der Waals surface area (Å²) >= 11 is 3.36. The van der Waals surface area contributed by atoms with Gasteiger partial charge in [-0.25, -0.2) is 0 Å². The number of aromatic nitrogens is 2.